The smallest absolute Gasteiger partial charge is 0.317 e. The van der Waals surface area contributed by atoms with E-state index in [2.05, 4.69) is 36.6 Å². The summed E-state index contributed by atoms with van der Waals surface area (Å²) in [7, 11) is 3.83. The van der Waals surface area contributed by atoms with Crippen LogP contribution in [0.25, 0.3) is 0 Å². The van der Waals surface area contributed by atoms with Crippen molar-refractivity contribution in [3.63, 3.8) is 0 Å². The summed E-state index contributed by atoms with van der Waals surface area (Å²) in [4.78, 5) is 84.6. The minimum atomic E-state index is -1.09. The van der Waals surface area contributed by atoms with Gasteiger partial charge < -0.3 is 56.1 Å². The van der Waals surface area contributed by atoms with Crippen molar-refractivity contribution in [2.75, 3.05) is 136 Å². The van der Waals surface area contributed by atoms with E-state index in [1.54, 1.807) is 42.6 Å². The Hall–Kier alpha value is -6.26. The number of rotatable bonds is 28. The van der Waals surface area contributed by atoms with Crippen LogP contribution in [0.1, 0.15) is 34.6 Å². The number of aliphatic carboxylic acids is 4. The van der Waals surface area contributed by atoms with E-state index in [0.29, 0.717) is 67.8 Å². The zero-order valence-corrected chi connectivity index (χ0v) is 41.1. The van der Waals surface area contributed by atoms with Crippen molar-refractivity contribution in [2.45, 2.75) is 38.5 Å². The summed E-state index contributed by atoms with van der Waals surface area (Å²) < 4.78 is 12.9. The standard InChI is InChI=1S/C45H67N13O12S/c1-53(2)14-12-46-44(68)38-9-8-35(25-48-38)49-39(59)10-21-69-22-23-70-32-36-26-58(52-51-36)13-3-11-47-45(71)50-34-6-4-33(5-7-34)24-37-27-56(30-42(64)65)18-17-54(28-40(60)61)15-16-55(29-41(62)63)19-20-57(37)31-43(66)67/h4-9,25-26,37H,3,10-24,27-32H2,1-2H3,(H,46,68)(H,49,59)(H,60,61)(H,62,63)(H,64,65)(H,66,67)(H2,47,50,71). The SMILES string of the molecule is CN(C)CCNC(=O)c1ccc(NC(=O)CCOCCOCc2cn(CCCNC(=S)Nc3ccc(CC4CN(CC(=O)O)CCN(CC(=O)O)CCN(CC(=O)O)CCN4CC(=O)O)cc3)nn2)cn1. The molecule has 1 fully saturated rings. The van der Waals surface area contributed by atoms with Gasteiger partial charge in [-0.05, 0) is 69.0 Å². The number of hydrogen-bond acceptors (Lipinski definition) is 17. The molecule has 0 saturated carbocycles. The third-order valence-corrected chi connectivity index (χ3v) is 11.2. The number of pyridine rings is 1. The summed E-state index contributed by atoms with van der Waals surface area (Å²) in [5.74, 6) is -4.83. The van der Waals surface area contributed by atoms with Gasteiger partial charge in [0.05, 0.1) is 77.1 Å². The second kappa shape index (κ2) is 31.2. The van der Waals surface area contributed by atoms with Gasteiger partial charge in [-0.2, -0.15) is 0 Å². The van der Waals surface area contributed by atoms with E-state index < -0.39 is 29.9 Å². The molecular formula is C45H67N13O12S. The summed E-state index contributed by atoms with van der Waals surface area (Å²) in [5.41, 5.74) is 2.93. The van der Waals surface area contributed by atoms with Gasteiger partial charge in [-0.15, -0.1) is 5.10 Å². The van der Waals surface area contributed by atoms with Gasteiger partial charge in [-0.25, -0.2) is 4.98 Å². The first-order chi connectivity index (χ1) is 34.0. The molecule has 25 nitrogen and oxygen atoms in total. The number of aromatic nitrogens is 4. The van der Waals surface area contributed by atoms with E-state index in [1.807, 2.05) is 43.3 Å². The molecule has 71 heavy (non-hydrogen) atoms. The second-order valence-corrected chi connectivity index (χ2v) is 17.5. The Labute approximate surface area is 417 Å². The average molecular weight is 1010 g/mol. The summed E-state index contributed by atoms with van der Waals surface area (Å²) >= 11 is 5.52. The minimum Gasteiger partial charge on any atom is -0.480 e. The van der Waals surface area contributed by atoms with E-state index in [-0.39, 0.29) is 116 Å². The molecule has 3 heterocycles. The molecule has 4 rings (SSSR count). The first-order valence-corrected chi connectivity index (χ1v) is 23.6. The van der Waals surface area contributed by atoms with Crippen molar-refractivity contribution in [1.29, 1.82) is 0 Å². The number of carboxylic acid groups (broad SMARTS) is 4. The molecule has 8 N–H and O–H groups in total. The van der Waals surface area contributed by atoms with Crippen molar-refractivity contribution >= 4 is 64.4 Å². The quantitative estimate of drug-likeness (QED) is 0.0332. The molecule has 0 bridgehead atoms. The molecule has 3 aromatic rings. The predicted octanol–water partition coefficient (Wildman–Crippen LogP) is -0.626. The number of likely N-dealkylation sites (N-methyl/N-ethyl adjacent to an activating group) is 1. The van der Waals surface area contributed by atoms with Crippen LogP contribution in [0.4, 0.5) is 11.4 Å². The Bertz CT molecular complexity index is 2170. The van der Waals surface area contributed by atoms with E-state index in [0.717, 1.165) is 5.56 Å². The molecule has 1 unspecified atom stereocenters. The van der Waals surface area contributed by atoms with Gasteiger partial charge in [0.2, 0.25) is 5.91 Å². The van der Waals surface area contributed by atoms with Crippen LogP contribution in [0.3, 0.4) is 0 Å². The molecule has 26 heteroatoms. The second-order valence-electron chi connectivity index (χ2n) is 17.0. The van der Waals surface area contributed by atoms with E-state index in [1.165, 1.54) is 6.20 Å². The van der Waals surface area contributed by atoms with Crippen molar-refractivity contribution in [1.82, 2.24) is 55.1 Å². The van der Waals surface area contributed by atoms with E-state index in [4.69, 9.17) is 21.7 Å². The number of carbonyl (C=O) groups excluding carboxylic acids is 2. The molecular weight excluding hydrogens is 947 g/mol. The highest BCUT2D eigenvalue weighted by atomic mass is 32.1. The van der Waals surface area contributed by atoms with Gasteiger partial charge in [0.25, 0.3) is 5.91 Å². The van der Waals surface area contributed by atoms with Gasteiger partial charge in [0, 0.05) is 83.7 Å². The lowest BCUT2D eigenvalue weighted by molar-refractivity contribution is -0.142. The molecule has 2 amide bonds. The van der Waals surface area contributed by atoms with E-state index >= 15 is 0 Å². The lowest BCUT2D eigenvalue weighted by Crippen LogP contribution is -2.53. The number of carboxylic acids is 4. The fraction of sp³-hybridized carbons (Fsp3) is 0.556. The summed E-state index contributed by atoms with van der Waals surface area (Å²) in [6.07, 6.45) is 4.38. The maximum absolute atomic E-state index is 12.3. The van der Waals surface area contributed by atoms with Crippen LogP contribution in [0.15, 0.2) is 48.8 Å². The van der Waals surface area contributed by atoms with Gasteiger partial charge in [0.1, 0.15) is 11.4 Å². The number of nitrogens with zero attached hydrogens (tertiary/aromatic N) is 9. The average Bonchev–Trinajstić information content (AvgIpc) is 3.76. The molecule has 1 aliphatic rings. The largest absolute Gasteiger partial charge is 0.480 e. The van der Waals surface area contributed by atoms with Gasteiger partial charge in [-0.1, -0.05) is 17.3 Å². The molecule has 1 saturated heterocycles. The number of ether oxygens (including phenoxy) is 2. The summed E-state index contributed by atoms with van der Waals surface area (Å²) in [6, 6.07) is 10.1. The molecule has 390 valence electrons. The molecule has 0 aliphatic carbocycles. The molecule has 1 aromatic carbocycles. The summed E-state index contributed by atoms with van der Waals surface area (Å²) in [6.45, 7) is 3.41. The van der Waals surface area contributed by atoms with Crippen LogP contribution < -0.4 is 21.3 Å². The fourth-order valence-electron chi connectivity index (χ4n) is 7.35. The number of benzene rings is 1. The van der Waals surface area contributed by atoms with Crippen molar-refractivity contribution in [2.24, 2.45) is 0 Å². The number of aryl methyl sites for hydroxylation is 1. The van der Waals surface area contributed by atoms with E-state index in [9.17, 15) is 49.2 Å². The third-order valence-electron chi connectivity index (χ3n) is 10.9. The van der Waals surface area contributed by atoms with Crippen LogP contribution in [0.5, 0.6) is 0 Å². The zero-order chi connectivity index (χ0) is 51.5. The number of carbonyl (C=O) groups is 6. The Kier molecular flexibility index (Phi) is 25.2. The van der Waals surface area contributed by atoms with Crippen LogP contribution >= 0.6 is 12.2 Å². The normalized spacial score (nSPS) is 15.6. The Morgan fingerprint density at radius 1 is 0.732 bits per heavy atom. The van der Waals surface area contributed by atoms with Crippen molar-refractivity contribution in [3.05, 3.63) is 65.7 Å². The van der Waals surface area contributed by atoms with Gasteiger partial charge in [0.15, 0.2) is 5.11 Å². The predicted molar refractivity (Wildman–Crippen MR) is 263 cm³/mol. The van der Waals surface area contributed by atoms with Gasteiger partial charge >= 0.3 is 23.9 Å². The van der Waals surface area contributed by atoms with Crippen molar-refractivity contribution in [3.8, 4) is 0 Å². The first-order valence-electron chi connectivity index (χ1n) is 23.2. The zero-order valence-electron chi connectivity index (χ0n) is 40.2. The Morgan fingerprint density at radius 3 is 1.99 bits per heavy atom. The molecule has 0 radical (unpaired) electrons. The highest BCUT2D eigenvalue weighted by Gasteiger charge is 2.27. The topological polar surface area (TPSA) is 310 Å². The Morgan fingerprint density at radius 2 is 1.35 bits per heavy atom. The Balaban J connectivity index is 1.16. The fourth-order valence-corrected chi connectivity index (χ4v) is 7.57. The van der Waals surface area contributed by atoms with Crippen LogP contribution in [-0.4, -0.2) is 237 Å². The lowest BCUT2D eigenvalue weighted by atomic mass is 10.0. The van der Waals surface area contributed by atoms with Crippen LogP contribution in [-0.2, 0) is 53.0 Å². The molecule has 0 spiro atoms. The molecule has 1 atom stereocenters. The number of hydrogen-bond donors (Lipinski definition) is 8. The van der Waals surface area contributed by atoms with Crippen LogP contribution in [0.2, 0.25) is 0 Å². The highest BCUT2D eigenvalue weighted by Crippen LogP contribution is 2.16. The maximum atomic E-state index is 12.3. The van der Waals surface area contributed by atoms with Crippen LogP contribution in [0, 0.1) is 0 Å². The van der Waals surface area contributed by atoms with Gasteiger partial charge in [-0.3, -0.25) is 53.0 Å². The molecule has 2 aromatic heterocycles. The number of amides is 2. The number of nitrogens with one attached hydrogen (secondary N) is 4. The lowest BCUT2D eigenvalue weighted by Gasteiger charge is -2.37. The number of thiocarbonyl (C=S) groups is 1. The third kappa shape index (κ3) is 23.9. The summed E-state index contributed by atoms with van der Waals surface area (Å²) in [5, 5.41) is 59.2. The first kappa shape index (κ1) is 57.3. The van der Waals surface area contributed by atoms with Crippen molar-refractivity contribution < 1.29 is 58.7 Å². The highest BCUT2D eigenvalue weighted by molar-refractivity contribution is 7.80. The minimum absolute atomic E-state index is 0.129. The molecule has 1 aliphatic heterocycles. The number of anilines is 2. The monoisotopic (exact) mass is 1010 g/mol. The maximum Gasteiger partial charge on any atom is 0.317 e.